The summed E-state index contributed by atoms with van der Waals surface area (Å²) in [7, 11) is 0. The first-order valence-electron chi connectivity index (χ1n) is 2.71. The van der Waals surface area contributed by atoms with Crippen LogP contribution in [0, 0.1) is 0 Å². The second-order valence-corrected chi connectivity index (χ2v) is 2.14. The van der Waals surface area contributed by atoms with Crippen molar-refractivity contribution in [3.63, 3.8) is 0 Å². The average molecular weight is 221 g/mol. The molecule has 0 aliphatic heterocycles. The smallest absolute Gasteiger partial charge is 0.337 e. The highest BCUT2D eigenvalue weighted by Crippen LogP contribution is 2.27. The number of alkyl halides is 4. The Morgan fingerprint density at radius 1 is 1.50 bits per heavy atom. The van der Waals surface area contributed by atoms with Crippen LogP contribution in [0.15, 0.2) is 6.20 Å². The minimum Gasteiger partial charge on any atom is -0.337 e. The van der Waals surface area contributed by atoms with E-state index in [1.165, 1.54) is 0 Å². The molecular formula is C5H5Cl2F3N2. The number of aromatic amines is 1. The summed E-state index contributed by atoms with van der Waals surface area (Å²) in [6.45, 7) is 0. The van der Waals surface area contributed by atoms with Gasteiger partial charge in [-0.1, -0.05) is 0 Å². The normalized spacial score (nSPS) is 11.0. The van der Waals surface area contributed by atoms with Gasteiger partial charge in [-0.3, -0.25) is 0 Å². The lowest BCUT2D eigenvalue weighted by Crippen LogP contribution is -2.04. The number of hydrogen-bond acceptors (Lipinski definition) is 1. The minimum atomic E-state index is -4.36. The number of rotatable bonds is 1. The predicted octanol–water partition coefficient (Wildman–Crippen LogP) is 2.59. The summed E-state index contributed by atoms with van der Waals surface area (Å²) in [6.07, 6.45) is -3.64. The van der Waals surface area contributed by atoms with E-state index in [1.807, 2.05) is 4.98 Å². The molecule has 12 heavy (non-hydrogen) atoms. The second-order valence-electron chi connectivity index (χ2n) is 1.87. The first-order valence-corrected chi connectivity index (χ1v) is 3.24. The fourth-order valence-corrected chi connectivity index (χ4v) is 0.710. The fourth-order valence-electron chi connectivity index (χ4n) is 0.574. The number of H-pyrrole nitrogens is 1. The molecule has 2 nitrogen and oxygen atoms in total. The largest absolute Gasteiger partial charge is 0.432 e. The van der Waals surface area contributed by atoms with E-state index in [0.29, 0.717) is 0 Å². The summed E-state index contributed by atoms with van der Waals surface area (Å²) in [6, 6.07) is 0. The van der Waals surface area contributed by atoms with Crippen LogP contribution < -0.4 is 0 Å². The van der Waals surface area contributed by atoms with Crippen LogP contribution in [0.3, 0.4) is 0 Å². The highest BCUT2D eigenvalue weighted by atomic mass is 35.5. The quantitative estimate of drug-likeness (QED) is 0.725. The van der Waals surface area contributed by atoms with Gasteiger partial charge in [0, 0.05) is 0 Å². The molecule has 70 valence electrons. The van der Waals surface area contributed by atoms with Gasteiger partial charge in [0.2, 0.25) is 0 Å². The molecule has 0 amide bonds. The van der Waals surface area contributed by atoms with Crippen molar-refractivity contribution in [2.24, 2.45) is 0 Å². The zero-order valence-corrected chi connectivity index (χ0v) is 7.22. The van der Waals surface area contributed by atoms with Crippen molar-refractivity contribution in [2.75, 3.05) is 0 Å². The molecule has 1 rings (SSSR count). The van der Waals surface area contributed by atoms with Gasteiger partial charge in [-0.2, -0.15) is 13.2 Å². The van der Waals surface area contributed by atoms with Crippen LogP contribution >= 0.6 is 24.0 Å². The van der Waals surface area contributed by atoms with E-state index in [1.54, 1.807) is 0 Å². The van der Waals surface area contributed by atoms with E-state index in [0.717, 1.165) is 6.20 Å². The van der Waals surface area contributed by atoms with Crippen molar-refractivity contribution in [3.8, 4) is 0 Å². The lowest BCUT2D eigenvalue weighted by atomic mass is 10.5. The Labute approximate surface area is 77.5 Å². The van der Waals surface area contributed by atoms with E-state index in [9.17, 15) is 13.2 Å². The van der Waals surface area contributed by atoms with Gasteiger partial charge in [-0.25, -0.2) is 4.98 Å². The predicted molar refractivity (Wildman–Crippen MR) is 40.4 cm³/mol. The van der Waals surface area contributed by atoms with Gasteiger partial charge < -0.3 is 4.98 Å². The minimum absolute atomic E-state index is 0. The number of imidazole rings is 1. The van der Waals surface area contributed by atoms with Gasteiger partial charge in [-0.15, -0.1) is 24.0 Å². The lowest BCUT2D eigenvalue weighted by molar-refractivity contribution is -0.140. The van der Waals surface area contributed by atoms with Gasteiger partial charge in [0.15, 0.2) is 0 Å². The molecule has 0 aromatic carbocycles. The first-order chi connectivity index (χ1) is 5.04. The van der Waals surface area contributed by atoms with Crippen LogP contribution in [0.2, 0.25) is 0 Å². The van der Waals surface area contributed by atoms with E-state index in [4.69, 9.17) is 11.6 Å². The number of aromatic nitrogens is 2. The number of nitrogens with one attached hydrogen (secondary N) is 1. The molecule has 0 radical (unpaired) electrons. The molecule has 0 saturated carbocycles. The molecular weight excluding hydrogens is 216 g/mol. The van der Waals surface area contributed by atoms with Crippen LogP contribution in [0.4, 0.5) is 13.2 Å². The van der Waals surface area contributed by atoms with Crippen LogP contribution in [0.1, 0.15) is 11.5 Å². The van der Waals surface area contributed by atoms with Crippen molar-refractivity contribution in [1.29, 1.82) is 0 Å². The van der Waals surface area contributed by atoms with Crippen LogP contribution in [0.25, 0.3) is 0 Å². The molecule has 0 fully saturated rings. The Bertz CT molecular complexity index is 245. The first kappa shape index (κ1) is 11.6. The highest BCUT2D eigenvalue weighted by Gasteiger charge is 2.32. The van der Waals surface area contributed by atoms with E-state index in [-0.39, 0.29) is 24.1 Å². The van der Waals surface area contributed by atoms with E-state index < -0.39 is 11.9 Å². The molecule has 7 heteroatoms. The molecule has 0 aliphatic carbocycles. The monoisotopic (exact) mass is 220 g/mol. The zero-order chi connectivity index (χ0) is 8.48. The Morgan fingerprint density at radius 2 is 2.08 bits per heavy atom. The number of nitrogens with zero attached hydrogens (tertiary/aromatic N) is 1. The molecule has 1 aromatic heterocycles. The van der Waals surface area contributed by atoms with E-state index >= 15 is 0 Å². The standard InChI is InChI=1S/C5H4ClF3N2.ClH/c6-1-4-10-2-3(11-4)5(7,8)9;/h2H,1H2,(H,10,11);1H. The molecule has 0 saturated heterocycles. The molecule has 0 atom stereocenters. The Morgan fingerprint density at radius 3 is 2.33 bits per heavy atom. The van der Waals surface area contributed by atoms with E-state index in [2.05, 4.69) is 4.98 Å². The molecule has 0 aliphatic rings. The second kappa shape index (κ2) is 4.00. The molecule has 1 N–H and O–H groups in total. The lowest BCUT2D eigenvalue weighted by Gasteiger charge is -2.00. The Kier molecular flexibility index (Phi) is 3.86. The summed E-state index contributed by atoms with van der Waals surface area (Å²) < 4.78 is 35.5. The summed E-state index contributed by atoms with van der Waals surface area (Å²) in [4.78, 5) is 5.43. The Balaban J connectivity index is 0.00000121. The van der Waals surface area contributed by atoms with Crippen molar-refractivity contribution in [2.45, 2.75) is 12.1 Å². The number of hydrogen-bond donors (Lipinski definition) is 1. The van der Waals surface area contributed by atoms with Crippen molar-refractivity contribution in [3.05, 3.63) is 17.7 Å². The SMILES string of the molecule is Cl.FC(F)(F)c1cnc(CCl)[nH]1. The fraction of sp³-hybridized carbons (Fsp3) is 0.400. The molecule has 0 bridgehead atoms. The van der Waals surface area contributed by atoms with Crippen molar-refractivity contribution in [1.82, 2.24) is 9.97 Å². The topological polar surface area (TPSA) is 28.7 Å². The molecule has 0 spiro atoms. The average Bonchev–Trinajstić information content (AvgIpc) is 2.32. The van der Waals surface area contributed by atoms with Crippen LogP contribution in [0.5, 0.6) is 0 Å². The summed E-state index contributed by atoms with van der Waals surface area (Å²) in [5.74, 6) is 0.0785. The van der Waals surface area contributed by atoms with Crippen molar-refractivity contribution < 1.29 is 13.2 Å². The molecule has 1 heterocycles. The van der Waals surface area contributed by atoms with Gasteiger partial charge in [0.05, 0.1) is 12.1 Å². The van der Waals surface area contributed by atoms with Crippen molar-refractivity contribution >= 4 is 24.0 Å². The maximum Gasteiger partial charge on any atom is 0.432 e. The summed E-state index contributed by atoms with van der Waals surface area (Å²) in [5, 5.41) is 0. The number of halogens is 5. The Hall–Kier alpha value is -0.420. The maximum atomic E-state index is 11.8. The summed E-state index contributed by atoms with van der Waals surface area (Å²) in [5.41, 5.74) is -0.867. The summed E-state index contributed by atoms with van der Waals surface area (Å²) >= 11 is 5.23. The maximum absolute atomic E-state index is 11.8. The van der Waals surface area contributed by atoms with Gasteiger partial charge >= 0.3 is 6.18 Å². The third-order valence-corrected chi connectivity index (χ3v) is 1.31. The molecule has 1 aromatic rings. The van der Waals surface area contributed by atoms with Gasteiger partial charge in [0.25, 0.3) is 0 Å². The highest BCUT2D eigenvalue weighted by molar-refractivity contribution is 6.16. The zero-order valence-electron chi connectivity index (χ0n) is 5.65. The molecule has 0 unspecified atom stereocenters. The van der Waals surface area contributed by atoms with Gasteiger partial charge in [0.1, 0.15) is 11.5 Å². The third-order valence-electron chi connectivity index (χ3n) is 1.06. The van der Waals surface area contributed by atoms with Crippen LogP contribution in [-0.4, -0.2) is 9.97 Å². The van der Waals surface area contributed by atoms with Crippen LogP contribution in [-0.2, 0) is 12.1 Å². The third kappa shape index (κ3) is 2.57. The van der Waals surface area contributed by atoms with Gasteiger partial charge in [-0.05, 0) is 0 Å².